The van der Waals surface area contributed by atoms with Gasteiger partial charge in [-0.05, 0) is 36.6 Å². The monoisotopic (exact) mass is 255 g/mol. The van der Waals surface area contributed by atoms with Crippen LogP contribution in [0.4, 0.5) is 0 Å². The van der Waals surface area contributed by atoms with Crippen molar-refractivity contribution in [1.82, 2.24) is 0 Å². The molecule has 0 amide bonds. The molecule has 0 aromatic heterocycles. The molecule has 0 aliphatic carbocycles. The number of aryl methyl sites for hydroxylation is 2. The average molecular weight is 255 g/mol. The predicted octanol–water partition coefficient (Wildman–Crippen LogP) is 3.64. The van der Waals surface area contributed by atoms with Gasteiger partial charge in [0.1, 0.15) is 11.9 Å². The maximum atomic E-state index is 6.02. The molecule has 100 valence electrons. The zero-order chi connectivity index (χ0) is 13.7. The summed E-state index contributed by atoms with van der Waals surface area (Å²) >= 11 is 0. The summed E-state index contributed by atoms with van der Waals surface area (Å²) in [6.07, 6.45) is 0.918. The summed E-state index contributed by atoms with van der Waals surface area (Å²) in [6, 6.07) is 16.5. The standard InChI is InChI=1S/C17H21NO/c1-3-14-7-5-9-16(11-14)19-17(12-18)15-8-4-6-13(2)10-15/h4-11,17H,3,12,18H2,1-2H3. The molecule has 2 aromatic carbocycles. The van der Waals surface area contributed by atoms with Crippen LogP contribution < -0.4 is 10.5 Å². The van der Waals surface area contributed by atoms with Crippen molar-refractivity contribution < 1.29 is 4.74 Å². The molecule has 0 fully saturated rings. The fourth-order valence-electron chi connectivity index (χ4n) is 2.13. The average Bonchev–Trinajstić information content (AvgIpc) is 2.45. The Morgan fingerprint density at radius 2 is 1.89 bits per heavy atom. The van der Waals surface area contributed by atoms with Crippen molar-refractivity contribution >= 4 is 0 Å². The molecule has 0 saturated heterocycles. The van der Waals surface area contributed by atoms with Crippen molar-refractivity contribution in [3.05, 3.63) is 65.2 Å². The van der Waals surface area contributed by atoms with Gasteiger partial charge >= 0.3 is 0 Å². The van der Waals surface area contributed by atoms with Crippen LogP contribution in [0.5, 0.6) is 5.75 Å². The lowest BCUT2D eigenvalue weighted by Crippen LogP contribution is -2.18. The van der Waals surface area contributed by atoms with Crippen LogP contribution in [0.3, 0.4) is 0 Å². The first-order valence-electron chi connectivity index (χ1n) is 6.75. The number of benzene rings is 2. The minimum absolute atomic E-state index is 0.0907. The van der Waals surface area contributed by atoms with Crippen molar-refractivity contribution in [2.24, 2.45) is 5.73 Å². The number of rotatable bonds is 5. The van der Waals surface area contributed by atoms with Crippen LogP contribution in [-0.2, 0) is 6.42 Å². The van der Waals surface area contributed by atoms with E-state index in [9.17, 15) is 0 Å². The largest absolute Gasteiger partial charge is 0.484 e. The second kappa shape index (κ2) is 6.39. The summed E-state index contributed by atoms with van der Waals surface area (Å²) in [4.78, 5) is 0. The van der Waals surface area contributed by atoms with Gasteiger partial charge in [0.25, 0.3) is 0 Å². The summed E-state index contributed by atoms with van der Waals surface area (Å²) < 4.78 is 6.02. The summed E-state index contributed by atoms with van der Waals surface area (Å²) in [5, 5.41) is 0. The Balaban J connectivity index is 2.18. The Morgan fingerprint density at radius 3 is 2.58 bits per heavy atom. The first kappa shape index (κ1) is 13.6. The molecule has 1 atom stereocenters. The van der Waals surface area contributed by atoms with E-state index in [2.05, 4.69) is 44.2 Å². The van der Waals surface area contributed by atoms with E-state index in [1.807, 2.05) is 18.2 Å². The van der Waals surface area contributed by atoms with E-state index in [4.69, 9.17) is 10.5 Å². The quantitative estimate of drug-likeness (QED) is 0.885. The van der Waals surface area contributed by atoms with Crippen LogP contribution in [-0.4, -0.2) is 6.54 Å². The zero-order valence-electron chi connectivity index (χ0n) is 11.6. The molecule has 1 unspecified atom stereocenters. The lowest BCUT2D eigenvalue weighted by Gasteiger charge is -2.18. The molecular weight excluding hydrogens is 234 g/mol. The van der Waals surface area contributed by atoms with Crippen LogP contribution in [0.1, 0.15) is 29.7 Å². The third-order valence-corrected chi connectivity index (χ3v) is 3.21. The van der Waals surface area contributed by atoms with Crippen LogP contribution in [0.25, 0.3) is 0 Å². The molecule has 2 nitrogen and oxygen atoms in total. The van der Waals surface area contributed by atoms with Gasteiger partial charge < -0.3 is 10.5 Å². The normalized spacial score (nSPS) is 12.2. The van der Waals surface area contributed by atoms with Crippen molar-refractivity contribution in [2.75, 3.05) is 6.54 Å². The SMILES string of the molecule is CCc1cccc(OC(CN)c2cccc(C)c2)c1. The Hall–Kier alpha value is -1.80. The van der Waals surface area contributed by atoms with E-state index in [1.165, 1.54) is 11.1 Å². The van der Waals surface area contributed by atoms with E-state index in [0.717, 1.165) is 17.7 Å². The second-order valence-electron chi connectivity index (χ2n) is 4.76. The summed E-state index contributed by atoms with van der Waals surface area (Å²) in [7, 11) is 0. The minimum Gasteiger partial charge on any atom is -0.484 e. The van der Waals surface area contributed by atoms with Gasteiger partial charge in [-0.25, -0.2) is 0 Å². The van der Waals surface area contributed by atoms with Crippen LogP contribution in [0.2, 0.25) is 0 Å². The van der Waals surface area contributed by atoms with Crippen LogP contribution >= 0.6 is 0 Å². The summed E-state index contributed by atoms with van der Waals surface area (Å²) in [5.41, 5.74) is 9.48. The number of hydrogen-bond donors (Lipinski definition) is 1. The van der Waals surface area contributed by atoms with Gasteiger partial charge in [0.2, 0.25) is 0 Å². The Labute approximate surface area is 115 Å². The first-order valence-corrected chi connectivity index (χ1v) is 6.75. The number of hydrogen-bond acceptors (Lipinski definition) is 2. The van der Waals surface area contributed by atoms with Crippen LogP contribution in [0, 0.1) is 6.92 Å². The lowest BCUT2D eigenvalue weighted by atomic mass is 10.1. The van der Waals surface area contributed by atoms with E-state index in [0.29, 0.717) is 6.54 Å². The maximum Gasteiger partial charge on any atom is 0.136 e. The Bertz CT molecular complexity index is 536. The molecule has 2 aromatic rings. The maximum absolute atomic E-state index is 6.02. The molecule has 0 spiro atoms. The Kier molecular flexibility index (Phi) is 4.58. The fourth-order valence-corrected chi connectivity index (χ4v) is 2.13. The number of ether oxygens (including phenoxy) is 1. The summed E-state index contributed by atoms with van der Waals surface area (Å²) in [5.74, 6) is 0.885. The van der Waals surface area contributed by atoms with Crippen molar-refractivity contribution in [3.63, 3.8) is 0 Å². The predicted molar refractivity (Wildman–Crippen MR) is 79.4 cm³/mol. The van der Waals surface area contributed by atoms with Gasteiger partial charge in [-0.15, -0.1) is 0 Å². The molecule has 2 N–H and O–H groups in total. The van der Waals surface area contributed by atoms with Gasteiger partial charge in [0, 0.05) is 6.54 Å². The van der Waals surface area contributed by atoms with Gasteiger partial charge in [-0.2, -0.15) is 0 Å². The van der Waals surface area contributed by atoms with E-state index in [-0.39, 0.29) is 6.10 Å². The van der Waals surface area contributed by atoms with Crippen LogP contribution in [0.15, 0.2) is 48.5 Å². The third-order valence-electron chi connectivity index (χ3n) is 3.21. The summed E-state index contributed by atoms with van der Waals surface area (Å²) in [6.45, 7) is 4.69. The number of nitrogens with two attached hydrogens (primary N) is 1. The van der Waals surface area contributed by atoms with Gasteiger partial charge in [-0.3, -0.25) is 0 Å². The lowest BCUT2D eigenvalue weighted by molar-refractivity contribution is 0.214. The molecule has 19 heavy (non-hydrogen) atoms. The highest BCUT2D eigenvalue weighted by Crippen LogP contribution is 2.23. The van der Waals surface area contributed by atoms with Crippen molar-refractivity contribution in [2.45, 2.75) is 26.4 Å². The van der Waals surface area contributed by atoms with Crippen molar-refractivity contribution in [1.29, 1.82) is 0 Å². The molecule has 0 aliphatic rings. The van der Waals surface area contributed by atoms with Gasteiger partial charge in [-0.1, -0.05) is 48.9 Å². The third kappa shape index (κ3) is 3.58. The highest BCUT2D eigenvalue weighted by atomic mass is 16.5. The molecule has 2 heteroatoms. The fraction of sp³-hybridized carbons (Fsp3) is 0.294. The van der Waals surface area contributed by atoms with Crippen molar-refractivity contribution in [3.8, 4) is 5.75 Å². The topological polar surface area (TPSA) is 35.2 Å². The zero-order valence-corrected chi connectivity index (χ0v) is 11.6. The minimum atomic E-state index is -0.0907. The second-order valence-corrected chi connectivity index (χ2v) is 4.76. The van der Waals surface area contributed by atoms with E-state index >= 15 is 0 Å². The highest BCUT2D eigenvalue weighted by molar-refractivity contribution is 5.30. The molecule has 0 aliphatic heterocycles. The molecule has 2 rings (SSSR count). The Morgan fingerprint density at radius 1 is 1.11 bits per heavy atom. The first-order chi connectivity index (χ1) is 9.22. The highest BCUT2D eigenvalue weighted by Gasteiger charge is 2.11. The van der Waals surface area contributed by atoms with E-state index in [1.54, 1.807) is 0 Å². The molecule has 0 bridgehead atoms. The van der Waals surface area contributed by atoms with Gasteiger partial charge in [0.15, 0.2) is 0 Å². The smallest absolute Gasteiger partial charge is 0.136 e. The molecule has 0 radical (unpaired) electrons. The molecule has 0 saturated carbocycles. The molecular formula is C17H21NO. The van der Waals surface area contributed by atoms with Gasteiger partial charge in [0.05, 0.1) is 0 Å². The molecule has 0 heterocycles. The van der Waals surface area contributed by atoms with E-state index < -0.39 is 0 Å².